The molecule has 0 bridgehead atoms. The third kappa shape index (κ3) is 2.18. The maximum atomic E-state index is 14.0. The van der Waals surface area contributed by atoms with Crippen LogP contribution in [0, 0.1) is 18.6 Å². The molecule has 0 radical (unpaired) electrons. The number of carbonyl (C=O) groups excluding carboxylic acids is 1. The Kier molecular flexibility index (Phi) is 3.22. The minimum atomic E-state index is -1.11. The SMILES string of the molecule is Cc1ccc(C(=O)c2cccc3ncccc23)c(F)c1F. The number of fused-ring (bicyclic) bond motifs is 1. The summed E-state index contributed by atoms with van der Waals surface area (Å²) < 4.78 is 27.6. The minimum absolute atomic E-state index is 0.170. The third-order valence-corrected chi connectivity index (χ3v) is 3.41. The Morgan fingerprint density at radius 3 is 2.57 bits per heavy atom. The molecular weight excluding hydrogens is 272 g/mol. The highest BCUT2D eigenvalue weighted by Crippen LogP contribution is 2.23. The first-order valence-corrected chi connectivity index (χ1v) is 6.42. The van der Waals surface area contributed by atoms with E-state index < -0.39 is 17.4 Å². The molecule has 0 aliphatic rings. The van der Waals surface area contributed by atoms with E-state index in [-0.39, 0.29) is 11.1 Å². The lowest BCUT2D eigenvalue weighted by Crippen LogP contribution is -2.07. The van der Waals surface area contributed by atoms with E-state index in [1.807, 2.05) is 0 Å². The van der Waals surface area contributed by atoms with Gasteiger partial charge in [-0.25, -0.2) is 8.78 Å². The molecule has 0 amide bonds. The summed E-state index contributed by atoms with van der Waals surface area (Å²) in [6, 6.07) is 11.2. The number of hydrogen-bond donors (Lipinski definition) is 0. The van der Waals surface area contributed by atoms with E-state index in [1.54, 1.807) is 36.5 Å². The molecule has 0 fully saturated rings. The van der Waals surface area contributed by atoms with Crippen LogP contribution in [0.2, 0.25) is 0 Å². The topological polar surface area (TPSA) is 30.0 Å². The summed E-state index contributed by atoms with van der Waals surface area (Å²) in [6.07, 6.45) is 1.61. The summed E-state index contributed by atoms with van der Waals surface area (Å²) in [5.41, 5.74) is 0.845. The molecule has 0 unspecified atom stereocenters. The van der Waals surface area contributed by atoms with Gasteiger partial charge in [-0.2, -0.15) is 0 Å². The van der Waals surface area contributed by atoms with Gasteiger partial charge in [-0.1, -0.05) is 24.3 Å². The second kappa shape index (κ2) is 5.05. The molecule has 0 N–H and O–H groups in total. The second-order valence-electron chi connectivity index (χ2n) is 4.76. The molecule has 1 heterocycles. The van der Waals surface area contributed by atoms with Gasteiger partial charge in [0.1, 0.15) is 0 Å². The predicted molar refractivity (Wildman–Crippen MR) is 76.3 cm³/mol. The third-order valence-electron chi connectivity index (χ3n) is 3.41. The number of carbonyl (C=O) groups is 1. The average Bonchev–Trinajstić information content (AvgIpc) is 2.51. The quantitative estimate of drug-likeness (QED) is 0.664. The number of rotatable bonds is 2. The number of hydrogen-bond acceptors (Lipinski definition) is 2. The van der Waals surface area contributed by atoms with E-state index in [1.165, 1.54) is 19.1 Å². The van der Waals surface area contributed by atoms with Gasteiger partial charge in [-0.3, -0.25) is 9.78 Å². The number of ketones is 1. The number of aryl methyl sites for hydroxylation is 1. The van der Waals surface area contributed by atoms with Crippen LogP contribution in [0.15, 0.2) is 48.7 Å². The molecule has 21 heavy (non-hydrogen) atoms. The predicted octanol–water partition coefficient (Wildman–Crippen LogP) is 4.05. The molecule has 2 nitrogen and oxygen atoms in total. The monoisotopic (exact) mass is 283 g/mol. The number of aromatic nitrogens is 1. The van der Waals surface area contributed by atoms with Gasteiger partial charge >= 0.3 is 0 Å². The van der Waals surface area contributed by atoms with Crippen LogP contribution >= 0.6 is 0 Å². The number of pyridine rings is 1. The Morgan fingerprint density at radius 2 is 1.76 bits per heavy atom. The van der Waals surface area contributed by atoms with Gasteiger partial charge in [0.25, 0.3) is 0 Å². The minimum Gasteiger partial charge on any atom is -0.288 e. The highest BCUT2D eigenvalue weighted by atomic mass is 19.2. The Labute approximate surface area is 120 Å². The van der Waals surface area contributed by atoms with Gasteiger partial charge in [-0.15, -0.1) is 0 Å². The van der Waals surface area contributed by atoms with Gasteiger partial charge in [0, 0.05) is 17.1 Å². The fourth-order valence-corrected chi connectivity index (χ4v) is 2.27. The Morgan fingerprint density at radius 1 is 0.952 bits per heavy atom. The molecule has 1 aromatic heterocycles. The van der Waals surface area contributed by atoms with Crippen LogP contribution in [-0.2, 0) is 0 Å². The van der Waals surface area contributed by atoms with Crippen LogP contribution in [0.1, 0.15) is 21.5 Å². The summed E-state index contributed by atoms with van der Waals surface area (Å²) in [5, 5.41) is 0.616. The first-order valence-electron chi connectivity index (χ1n) is 6.42. The van der Waals surface area contributed by atoms with Crippen LogP contribution in [0.25, 0.3) is 10.9 Å². The van der Waals surface area contributed by atoms with Crippen LogP contribution in [0.5, 0.6) is 0 Å². The zero-order valence-corrected chi connectivity index (χ0v) is 11.2. The van der Waals surface area contributed by atoms with Crippen molar-refractivity contribution >= 4 is 16.7 Å². The van der Waals surface area contributed by atoms with Gasteiger partial charge in [0.05, 0.1) is 11.1 Å². The zero-order valence-electron chi connectivity index (χ0n) is 11.2. The molecule has 4 heteroatoms. The summed E-state index contributed by atoms with van der Waals surface area (Å²) >= 11 is 0. The summed E-state index contributed by atoms with van der Waals surface area (Å²) in [5.74, 6) is -2.65. The summed E-state index contributed by atoms with van der Waals surface area (Å²) in [4.78, 5) is 16.7. The molecule has 0 aliphatic heterocycles. The molecule has 0 atom stereocenters. The van der Waals surface area contributed by atoms with E-state index in [2.05, 4.69) is 4.98 Å². The molecule has 0 saturated heterocycles. The lowest BCUT2D eigenvalue weighted by Gasteiger charge is -2.07. The first kappa shape index (κ1) is 13.4. The lowest BCUT2D eigenvalue weighted by molar-refractivity contribution is 0.103. The van der Waals surface area contributed by atoms with E-state index in [0.717, 1.165) is 0 Å². The van der Waals surface area contributed by atoms with Crippen molar-refractivity contribution < 1.29 is 13.6 Å². The van der Waals surface area contributed by atoms with Crippen LogP contribution in [-0.4, -0.2) is 10.8 Å². The highest BCUT2D eigenvalue weighted by Gasteiger charge is 2.20. The fourth-order valence-electron chi connectivity index (χ4n) is 2.27. The van der Waals surface area contributed by atoms with Crippen molar-refractivity contribution in [1.29, 1.82) is 0 Å². The van der Waals surface area contributed by atoms with E-state index in [4.69, 9.17) is 0 Å². The van der Waals surface area contributed by atoms with Gasteiger partial charge in [0.2, 0.25) is 0 Å². The fraction of sp³-hybridized carbons (Fsp3) is 0.0588. The zero-order chi connectivity index (χ0) is 15.0. The summed E-state index contributed by atoms with van der Waals surface area (Å²) in [6.45, 7) is 1.45. The molecule has 3 aromatic rings. The van der Waals surface area contributed by atoms with Crippen molar-refractivity contribution in [3.63, 3.8) is 0 Å². The van der Waals surface area contributed by atoms with Crippen molar-refractivity contribution in [2.24, 2.45) is 0 Å². The maximum Gasteiger partial charge on any atom is 0.196 e. The van der Waals surface area contributed by atoms with Crippen LogP contribution in [0.3, 0.4) is 0 Å². The normalized spacial score (nSPS) is 10.8. The lowest BCUT2D eigenvalue weighted by atomic mass is 9.98. The van der Waals surface area contributed by atoms with Crippen molar-refractivity contribution in [2.75, 3.05) is 0 Å². The largest absolute Gasteiger partial charge is 0.288 e. The van der Waals surface area contributed by atoms with Crippen molar-refractivity contribution in [2.45, 2.75) is 6.92 Å². The van der Waals surface area contributed by atoms with Crippen LogP contribution < -0.4 is 0 Å². The van der Waals surface area contributed by atoms with E-state index in [0.29, 0.717) is 16.5 Å². The summed E-state index contributed by atoms with van der Waals surface area (Å²) in [7, 11) is 0. The van der Waals surface area contributed by atoms with Crippen molar-refractivity contribution in [1.82, 2.24) is 4.98 Å². The first-order chi connectivity index (χ1) is 10.1. The highest BCUT2D eigenvalue weighted by molar-refractivity contribution is 6.16. The maximum absolute atomic E-state index is 14.0. The van der Waals surface area contributed by atoms with Gasteiger partial charge in [-0.05, 0) is 30.7 Å². The van der Waals surface area contributed by atoms with Crippen LogP contribution in [0.4, 0.5) is 8.78 Å². The number of benzene rings is 2. The van der Waals surface area contributed by atoms with E-state index in [9.17, 15) is 13.6 Å². The smallest absolute Gasteiger partial charge is 0.196 e. The van der Waals surface area contributed by atoms with E-state index >= 15 is 0 Å². The van der Waals surface area contributed by atoms with Gasteiger partial charge in [0.15, 0.2) is 17.4 Å². The standard InChI is InChI=1S/C17H11F2NO/c1-10-7-8-13(16(19)15(10)18)17(21)12-4-2-6-14-11(12)5-3-9-20-14/h2-9H,1H3. The molecule has 2 aromatic carbocycles. The molecular formula is C17H11F2NO. The molecule has 0 aliphatic carbocycles. The van der Waals surface area contributed by atoms with Crippen molar-refractivity contribution in [3.05, 3.63) is 77.0 Å². The Hall–Kier alpha value is -2.62. The number of nitrogens with zero attached hydrogens (tertiary/aromatic N) is 1. The molecule has 0 spiro atoms. The molecule has 104 valence electrons. The number of halogens is 2. The average molecular weight is 283 g/mol. The van der Waals surface area contributed by atoms with Crippen molar-refractivity contribution in [3.8, 4) is 0 Å². The second-order valence-corrected chi connectivity index (χ2v) is 4.76. The van der Waals surface area contributed by atoms with Gasteiger partial charge < -0.3 is 0 Å². The molecule has 0 saturated carbocycles. The Balaban J connectivity index is 2.20. The molecule has 3 rings (SSSR count). The Bertz CT molecular complexity index is 853.